The number of nitrogens with one attached hydrogen (secondary N) is 1. The lowest BCUT2D eigenvalue weighted by molar-refractivity contribution is -0.137. The number of benzene rings is 2. The van der Waals surface area contributed by atoms with Crippen LogP contribution in [0.2, 0.25) is 0 Å². The lowest BCUT2D eigenvalue weighted by Gasteiger charge is -2.25. The molecule has 9 heteroatoms. The van der Waals surface area contributed by atoms with Crippen molar-refractivity contribution in [1.82, 2.24) is 15.1 Å². The number of likely N-dealkylation sites (N-methyl/N-ethyl adjacent to an activating group) is 1. The van der Waals surface area contributed by atoms with Gasteiger partial charge in [-0.2, -0.15) is 13.2 Å². The molecule has 0 heterocycles. The van der Waals surface area contributed by atoms with Gasteiger partial charge in [0.05, 0.1) is 5.56 Å². The predicted molar refractivity (Wildman–Crippen MR) is 108 cm³/mol. The Morgan fingerprint density at radius 3 is 2.23 bits per heavy atom. The minimum Gasteiger partial charge on any atom is -0.352 e. The highest BCUT2D eigenvalue weighted by atomic mass is 19.4. The van der Waals surface area contributed by atoms with E-state index in [0.717, 1.165) is 17.7 Å². The summed E-state index contributed by atoms with van der Waals surface area (Å²) in [6.07, 6.45) is -4.44. The summed E-state index contributed by atoms with van der Waals surface area (Å²) in [6, 6.07) is 11.0. The molecule has 30 heavy (non-hydrogen) atoms. The fourth-order valence-corrected chi connectivity index (χ4v) is 2.78. The number of hydrogen-bond acceptors (Lipinski definition) is 3. The third-order valence-electron chi connectivity index (χ3n) is 4.40. The first kappa shape index (κ1) is 23.2. The Hall–Kier alpha value is -3.07. The van der Waals surface area contributed by atoms with Gasteiger partial charge in [0.25, 0.3) is 5.91 Å². The van der Waals surface area contributed by atoms with Gasteiger partial charge in [-0.3, -0.25) is 4.79 Å². The van der Waals surface area contributed by atoms with Crippen molar-refractivity contribution in [1.29, 1.82) is 0 Å². The van der Waals surface area contributed by atoms with E-state index in [1.807, 2.05) is 19.0 Å². The lowest BCUT2D eigenvalue weighted by Crippen LogP contribution is -2.36. The standard InChI is InChI=1S/C21H25F3N4O2/c1-27(2)10-11-28(14-16-4-3-5-18(12-16)21(22,23)24)19(29)17-8-6-15(7-9-17)13-26-20(25)30/h3-9,12H,10-11,13-14H2,1-2H3,(H3,25,26,30). The molecule has 162 valence electrons. The van der Waals surface area contributed by atoms with Crippen LogP contribution in [0.4, 0.5) is 18.0 Å². The Balaban J connectivity index is 2.19. The average Bonchev–Trinajstić information content (AvgIpc) is 2.69. The van der Waals surface area contributed by atoms with Crippen LogP contribution < -0.4 is 11.1 Å². The lowest BCUT2D eigenvalue weighted by atomic mass is 10.1. The molecule has 0 aliphatic carbocycles. The van der Waals surface area contributed by atoms with Crippen molar-refractivity contribution >= 4 is 11.9 Å². The third-order valence-corrected chi connectivity index (χ3v) is 4.40. The molecule has 0 saturated heterocycles. The molecule has 0 aromatic heterocycles. The number of rotatable bonds is 8. The Morgan fingerprint density at radius 2 is 1.67 bits per heavy atom. The Morgan fingerprint density at radius 1 is 1.00 bits per heavy atom. The largest absolute Gasteiger partial charge is 0.416 e. The number of nitrogens with two attached hydrogens (primary N) is 1. The normalized spacial score (nSPS) is 11.4. The van der Waals surface area contributed by atoms with Crippen molar-refractivity contribution in [3.8, 4) is 0 Å². The van der Waals surface area contributed by atoms with Gasteiger partial charge >= 0.3 is 12.2 Å². The summed E-state index contributed by atoms with van der Waals surface area (Å²) >= 11 is 0. The van der Waals surface area contributed by atoms with Gasteiger partial charge in [-0.25, -0.2) is 4.79 Å². The third kappa shape index (κ3) is 7.07. The molecule has 0 aliphatic rings. The molecule has 0 spiro atoms. The summed E-state index contributed by atoms with van der Waals surface area (Å²) in [4.78, 5) is 27.2. The van der Waals surface area contributed by atoms with E-state index in [2.05, 4.69) is 5.32 Å². The van der Waals surface area contributed by atoms with Gasteiger partial charge in [-0.05, 0) is 49.5 Å². The molecule has 0 atom stereocenters. The minimum atomic E-state index is -4.44. The van der Waals surface area contributed by atoms with Crippen LogP contribution in [0, 0.1) is 0 Å². The first-order chi connectivity index (χ1) is 14.1. The van der Waals surface area contributed by atoms with E-state index in [0.29, 0.717) is 24.2 Å². The molecule has 6 nitrogen and oxygen atoms in total. The van der Waals surface area contributed by atoms with Crippen molar-refractivity contribution in [2.75, 3.05) is 27.2 Å². The molecule has 3 amide bonds. The molecule has 2 rings (SSSR count). The summed E-state index contributed by atoms with van der Waals surface area (Å²) in [6.45, 7) is 1.21. The predicted octanol–water partition coefficient (Wildman–Crippen LogP) is 3.08. The zero-order valence-electron chi connectivity index (χ0n) is 16.9. The minimum absolute atomic E-state index is 0.0571. The number of nitrogens with zero attached hydrogens (tertiary/aromatic N) is 2. The van der Waals surface area contributed by atoms with Crippen LogP contribution in [-0.2, 0) is 19.3 Å². The van der Waals surface area contributed by atoms with Crippen LogP contribution >= 0.6 is 0 Å². The maximum Gasteiger partial charge on any atom is 0.416 e. The van der Waals surface area contributed by atoms with Crippen molar-refractivity contribution in [3.05, 3.63) is 70.8 Å². The number of carbonyl (C=O) groups excluding carboxylic acids is 2. The number of carbonyl (C=O) groups is 2. The summed E-state index contributed by atoms with van der Waals surface area (Å²) in [5, 5.41) is 2.46. The van der Waals surface area contributed by atoms with Gasteiger partial charge in [0.2, 0.25) is 0 Å². The van der Waals surface area contributed by atoms with Gasteiger partial charge in [0.1, 0.15) is 0 Å². The zero-order valence-corrected chi connectivity index (χ0v) is 16.9. The van der Waals surface area contributed by atoms with Gasteiger partial charge in [-0.1, -0.05) is 24.3 Å². The maximum absolute atomic E-state index is 13.0. The number of urea groups is 1. The van der Waals surface area contributed by atoms with Crippen LogP contribution in [0.5, 0.6) is 0 Å². The van der Waals surface area contributed by atoms with Gasteiger partial charge < -0.3 is 20.9 Å². The quantitative estimate of drug-likeness (QED) is 0.686. The molecule has 0 saturated carbocycles. The van der Waals surface area contributed by atoms with Crippen molar-refractivity contribution < 1.29 is 22.8 Å². The first-order valence-corrected chi connectivity index (χ1v) is 9.28. The highest BCUT2D eigenvalue weighted by Crippen LogP contribution is 2.29. The highest BCUT2D eigenvalue weighted by molar-refractivity contribution is 5.94. The van der Waals surface area contributed by atoms with E-state index < -0.39 is 17.8 Å². The van der Waals surface area contributed by atoms with Crippen molar-refractivity contribution in [3.63, 3.8) is 0 Å². The second-order valence-electron chi connectivity index (χ2n) is 7.14. The molecule has 0 bridgehead atoms. The molecule has 2 aromatic rings. The number of hydrogen-bond donors (Lipinski definition) is 2. The average molecular weight is 422 g/mol. The fraction of sp³-hybridized carbons (Fsp3) is 0.333. The van der Waals surface area contributed by atoms with Crippen LogP contribution in [0.25, 0.3) is 0 Å². The second kappa shape index (κ2) is 10.1. The maximum atomic E-state index is 13.0. The van der Waals surface area contributed by atoms with E-state index in [4.69, 9.17) is 5.73 Å². The first-order valence-electron chi connectivity index (χ1n) is 9.28. The van der Waals surface area contributed by atoms with E-state index >= 15 is 0 Å². The van der Waals surface area contributed by atoms with Gasteiger partial charge in [0.15, 0.2) is 0 Å². The summed E-state index contributed by atoms with van der Waals surface area (Å²) in [7, 11) is 3.71. The van der Waals surface area contributed by atoms with Crippen LogP contribution in [0.3, 0.4) is 0 Å². The summed E-state index contributed by atoms with van der Waals surface area (Å²) in [5.74, 6) is -0.288. The molecule has 3 N–H and O–H groups in total. The highest BCUT2D eigenvalue weighted by Gasteiger charge is 2.30. The van der Waals surface area contributed by atoms with E-state index in [1.165, 1.54) is 11.0 Å². The summed E-state index contributed by atoms with van der Waals surface area (Å²) in [5.41, 5.74) is 5.87. The SMILES string of the molecule is CN(C)CCN(Cc1cccc(C(F)(F)F)c1)C(=O)c1ccc(CNC(N)=O)cc1. The molecular formula is C21H25F3N4O2. The number of halogens is 3. The Bertz CT molecular complexity index is 867. The number of alkyl halides is 3. The molecular weight excluding hydrogens is 397 g/mol. The van der Waals surface area contributed by atoms with Crippen LogP contribution in [0.15, 0.2) is 48.5 Å². The van der Waals surface area contributed by atoms with Crippen molar-refractivity contribution in [2.45, 2.75) is 19.3 Å². The molecule has 0 fully saturated rings. The molecule has 0 aliphatic heterocycles. The van der Waals surface area contributed by atoms with E-state index in [1.54, 1.807) is 30.3 Å². The Labute approximate surface area is 173 Å². The molecule has 0 radical (unpaired) electrons. The molecule has 0 unspecified atom stereocenters. The fourth-order valence-electron chi connectivity index (χ4n) is 2.78. The van der Waals surface area contributed by atoms with Crippen molar-refractivity contribution in [2.24, 2.45) is 5.73 Å². The van der Waals surface area contributed by atoms with E-state index in [-0.39, 0.29) is 19.0 Å². The van der Waals surface area contributed by atoms with Crippen LogP contribution in [-0.4, -0.2) is 48.9 Å². The molecule has 2 aromatic carbocycles. The second-order valence-corrected chi connectivity index (χ2v) is 7.14. The topological polar surface area (TPSA) is 78.7 Å². The number of amides is 3. The van der Waals surface area contributed by atoms with Crippen LogP contribution in [0.1, 0.15) is 27.0 Å². The smallest absolute Gasteiger partial charge is 0.352 e. The van der Waals surface area contributed by atoms with Gasteiger partial charge in [0, 0.05) is 31.7 Å². The summed E-state index contributed by atoms with van der Waals surface area (Å²) < 4.78 is 39.0. The number of primary amides is 1. The monoisotopic (exact) mass is 422 g/mol. The van der Waals surface area contributed by atoms with E-state index in [9.17, 15) is 22.8 Å². The van der Waals surface area contributed by atoms with Gasteiger partial charge in [-0.15, -0.1) is 0 Å². The Kier molecular flexibility index (Phi) is 7.82. The zero-order chi connectivity index (χ0) is 22.3.